The van der Waals surface area contributed by atoms with Crippen molar-refractivity contribution in [2.45, 2.75) is 50.9 Å². The maximum atomic E-state index is 13.0. The zero-order chi connectivity index (χ0) is 26.9. The number of hydrogen-bond donors (Lipinski definition) is 2. The number of aromatic nitrogens is 2. The summed E-state index contributed by atoms with van der Waals surface area (Å²) < 4.78 is 41.1. The second kappa shape index (κ2) is 10.3. The summed E-state index contributed by atoms with van der Waals surface area (Å²) in [4.78, 5) is 29.0. The normalized spacial score (nSPS) is 14.5. The molecular weight excluding hydrogens is 495 g/mol. The zero-order valence-corrected chi connectivity index (χ0v) is 20.5. The number of aromatic carboxylic acids is 1. The van der Waals surface area contributed by atoms with Crippen LogP contribution in [0.4, 0.5) is 13.2 Å². The number of carboxylic acid groups (broad SMARTS) is 1. The van der Waals surface area contributed by atoms with Crippen LogP contribution < -0.4 is 5.32 Å². The quantitative estimate of drug-likeness (QED) is 0.291. The van der Waals surface area contributed by atoms with E-state index in [1.165, 1.54) is 18.6 Å². The van der Waals surface area contributed by atoms with Gasteiger partial charge in [-0.15, -0.1) is 0 Å². The fraction of sp³-hybridized carbons (Fsp3) is 0.276. The number of benzene rings is 3. The molecule has 1 aliphatic carbocycles. The first-order chi connectivity index (χ1) is 18.2. The third kappa shape index (κ3) is 5.27. The van der Waals surface area contributed by atoms with Crippen molar-refractivity contribution in [3.8, 4) is 11.4 Å². The number of hydrogen-bond acceptors (Lipinski definition) is 3. The van der Waals surface area contributed by atoms with Crippen LogP contribution >= 0.6 is 0 Å². The average molecular weight is 522 g/mol. The van der Waals surface area contributed by atoms with Crippen LogP contribution in [0.25, 0.3) is 22.4 Å². The molecule has 0 radical (unpaired) electrons. The number of imidazole rings is 1. The standard InChI is InChI=1S/C29H26F3N3O3/c30-29(31,32)22-6-4-5-18(15-22)17-33-27(36)20-11-9-19(10-12-20)26-34-24-16-21(28(37)38)13-14-25(24)35(26)23-7-2-1-3-8-23/h4-6,9-16,23H,1-3,7-8,17H2,(H,33,36)(H,37,38). The van der Waals surface area contributed by atoms with E-state index < -0.39 is 23.6 Å². The molecule has 0 spiro atoms. The number of halogens is 3. The van der Waals surface area contributed by atoms with E-state index in [4.69, 9.17) is 4.98 Å². The van der Waals surface area contributed by atoms with Gasteiger partial charge in [-0.05, 0) is 60.9 Å². The first-order valence-electron chi connectivity index (χ1n) is 12.5. The predicted molar refractivity (Wildman–Crippen MR) is 137 cm³/mol. The van der Waals surface area contributed by atoms with E-state index >= 15 is 0 Å². The fourth-order valence-corrected chi connectivity index (χ4v) is 5.06. The number of fused-ring (bicyclic) bond motifs is 1. The molecule has 1 saturated carbocycles. The lowest BCUT2D eigenvalue weighted by Crippen LogP contribution is -2.23. The number of carbonyl (C=O) groups excluding carboxylic acids is 1. The van der Waals surface area contributed by atoms with Gasteiger partial charge in [0, 0.05) is 23.7 Å². The average Bonchev–Trinajstić information content (AvgIpc) is 3.31. The van der Waals surface area contributed by atoms with Crippen molar-refractivity contribution in [3.63, 3.8) is 0 Å². The maximum absolute atomic E-state index is 13.0. The molecule has 0 bridgehead atoms. The van der Waals surface area contributed by atoms with Crippen molar-refractivity contribution in [3.05, 3.63) is 89.0 Å². The smallest absolute Gasteiger partial charge is 0.416 e. The first-order valence-corrected chi connectivity index (χ1v) is 12.5. The minimum atomic E-state index is -4.45. The van der Waals surface area contributed by atoms with Gasteiger partial charge in [-0.1, -0.05) is 43.5 Å². The molecule has 4 aromatic rings. The summed E-state index contributed by atoms with van der Waals surface area (Å²) >= 11 is 0. The van der Waals surface area contributed by atoms with Crippen LogP contribution in [0.5, 0.6) is 0 Å². The molecule has 1 aromatic heterocycles. The van der Waals surface area contributed by atoms with Gasteiger partial charge in [0.15, 0.2) is 0 Å². The summed E-state index contributed by atoms with van der Waals surface area (Å²) in [5.74, 6) is -0.702. The van der Waals surface area contributed by atoms with Crippen LogP contribution in [0.2, 0.25) is 0 Å². The van der Waals surface area contributed by atoms with E-state index in [0.29, 0.717) is 22.5 Å². The number of nitrogens with zero attached hydrogens (tertiary/aromatic N) is 2. The van der Waals surface area contributed by atoms with Gasteiger partial charge in [-0.2, -0.15) is 13.2 Å². The Hall–Kier alpha value is -4.14. The molecular formula is C29H26F3N3O3. The van der Waals surface area contributed by atoms with Crippen LogP contribution in [-0.4, -0.2) is 26.5 Å². The highest BCUT2D eigenvalue weighted by Gasteiger charge is 2.30. The second-order valence-corrected chi connectivity index (χ2v) is 9.56. The van der Waals surface area contributed by atoms with Crippen LogP contribution in [0.1, 0.15) is 70.0 Å². The molecule has 9 heteroatoms. The number of carboxylic acids is 1. The van der Waals surface area contributed by atoms with Crippen molar-refractivity contribution < 1.29 is 27.9 Å². The van der Waals surface area contributed by atoms with Gasteiger partial charge in [-0.3, -0.25) is 4.79 Å². The van der Waals surface area contributed by atoms with Crippen LogP contribution in [0, 0.1) is 0 Å². The van der Waals surface area contributed by atoms with E-state index in [9.17, 15) is 27.9 Å². The highest BCUT2D eigenvalue weighted by molar-refractivity contribution is 5.95. The number of nitrogens with one attached hydrogen (secondary N) is 1. The van der Waals surface area contributed by atoms with E-state index in [2.05, 4.69) is 9.88 Å². The largest absolute Gasteiger partial charge is 0.478 e. The van der Waals surface area contributed by atoms with Crippen molar-refractivity contribution in [2.75, 3.05) is 0 Å². The van der Waals surface area contributed by atoms with Crippen molar-refractivity contribution in [1.29, 1.82) is 0 Å². The van der Waals surface area contributed by atoms with Gasteiger partial charge >= 0.3 is 12.1 Å². The molecule has 1 aliphatic rings. The number of carbonyl (C=O) groups is 2. The third-order valence-electron chi connectivity index (χ3n) is 6.99. The summed E-state index contributed by atoms with van der Waals surface area (Å²) in [6.07, 6.45) is 0.986. The molecule has 2 N–H and O–H groups in total. The Morgan fingerprint density at radius 3 is 2.34 bits per heavy atom. The lowest BCUT2D eigenvalue weighted by molar-refractivity contribution is -0.137. The Morgan fingerprint density at radius 1 is 0.947 bits per heavy atom. The predicted octanol–water partition coefficient (Wildman–Crippen LogP) is 6.86. The summed E-state index contributed by atoms with van der Waals surface area (Å²) in [7, 11) is 0. The monoisotopic (exact) mass is 521 g/mol. The third-order valence-corrected chi connectivity index (χ3v) is 6.99. The Labute approximate surface area is 217 Å². The Morgan fingerprint density at radius 2 is 1.66 bits per heavy atom. The van der Waals surface area contributed by atoms with Gasteiger partial charge in [0.1, 0.15) is 5.82 Å². The maximum Gasteiger partial charge on any atom is 0.416 e. The molecule has 0 saturated heterocycles. The van der Waals surface area contributed by atoms with Crippen molar-refractivity contribution >= 4 is 22.9 Å². The van der Waals surface area contributed by atoms with Gasteiger partial charge in [0.25, 0.3) is 5.91 Å². The Kier molecular flexibility index (Phi) is 6.93. The molecule has 3 aromatic carbocycles. The number of amides is 1. The first kappa shape index (κ1) is 25.5. The van der Waals surface area contributed by atoms with Gasteiger partial charge in [0.2, 0.25) is 0 Å². The molecule has 196 valence electrons. The molecule has 0 unspecified atom stereocenters. The summed E-state index contributed by atoms with van der Waals surface area (Å²) in [5.41, 5.74) is 2.40. The lowest BCUT2D eigenvalue weighted by atomic mass is 9.94. The van der Waals surface area contributed by atoms with Crippen molar-refractivity contribution in [1.82, 2.24) is 14.9 Å². The number of alkyl halides is 3. The summed E-state index contributed by atoms with van der Waals surface area (Å²) in [5, 5.41) is 12.1. The molecule has 0 atom stereocenters. The van der Waals surface area contributed by atoms with Crippen LogP contribution in [0.15, 0.2) is 66.7 Å². The topological polar surface area (TPSA) is 84.2 Å². The van der Waals surface area contributed by atoms with E-state index in [-0.39, 0.29) is 18.2 Å². The fourth-order valence-electron chi connectivity index (χ4n) is 5.06. The Balaban J connectivity index is 1.39. The number of rotatable bonds is 6. The second-order valence-electron chi connectivity index (χ2n) is 9.56. The summed E-state index contributed by atoms with van der Waals surface area (Å²) in [6.45, 7) is -0.0338. The highest BCUT2D eigenvalue weighted by Crippen LogP contribution is 2.36. The molecule has 1 heterocycles. The van der Waals surface area contributed by atoms with E-state index in [1.54, 1.807) is 42.5 Å². The molecule has 0 aliphatic heterocycles. The van der Waals surface area contributed by atoms with Crippen LogP contribution in [0.3, 0.4) is 0 Å². The van der Waals surface area contributed by atoms with Gasteiger partial charge in [-0.25, -0.2) is 9.78 Å². The highest BCUT2D eigenvalue weighted by atomic mass is 19.4. The zero-order valence-electron chi connectivity index (χ0n) is 20.5. The van der Waals surface area contributed by atoms with Crippen LogP contribution in [-0.2, 0) is 12.7 Å². The molecule has 1 amide bonds. The molecule has 5 rings (SSSR count). The molecule has 38 heavy (non-hydrogen) atoms. The van der Waals surface area contributed by atoms with E-state index in [1.807, 2.05) is 0 Å². The minimum Gasteiger partial charge on any atom is -0.478 e. The molecule has 6 nitrogen and oxygen atoms in total. The minimum absolute atomic E-state index is 0.0338. The Bertz CT molecular complexity index is 1490. The lowest BCUT2D eigenvalue weighted by Gasteiger charge is -2.25. The molecule has 1 fully saturated rings. The van der Waals surface area contributed by atoms with Gasteiger partial charge < -0.3 is 15.0 Å². The SMILES string of the molecule is O=C(O)c1ccc2c(c1)nc(-c1ccc(C(=O)NCc3cccc(C(F)(F)F)c3)cc1)n2C1CCCCC1. The van der Waals surface area contributed by atoms with E-state index in [0.717, 1.165) is 48.9 Å². The van der Waals surface area contributed by atoms with Gasteiger partial charge in [0.05, 0.1) is 22.2 Å². The summed E-state index contributed by atoms with van der Waals surface area (Å²) in [6, 6.07) is 17.0. The van der Waals surface area contributed by atoms with Crippen molar-refractivity contribution in [2.24, 2.45) is 0 Å².